The average molecular weight is 234 g/mol. The van der Waals surface area contributed by atoms with Crippen molar-refractivity contribution in [2.24, 2.45) is 5.73 Å². The normalized spacial score (nSPS) is 17.4. The number of nitrogens with two attached hydrogens (primary N) is 1. The summed E-state index contributed by atoms with van der Waals surface area (Å²) in [5.41, 5.74) is 8.53. The second-order valence-corrected chi connectivity index (χ2v) is 4.80. The topological polar surface area (TPSA) is 49.5 Å². The molecule has 0 heterocycles. The SMILES string of the molecule is Cc1ccccc1C(CN)N(CCO)C1CC1. The van der Waals surface area contributed by atoms with Crippen LogP contribution in [0, 0.1) is 6.92 Å². The maximum Gasteiger partial charge on any atom is 0.0558 e. The Morgan fingerprint density at radius 3 is 2.65 bits per heavy atom. The van der Waals surface area contributed by atoms with E-state index in [1.165, 1.54) is 24.0 Å². The van der Waals surface area contributed by atoms with Gasteiger partial charge in [-0.25, -0.2) is 0 Å². The van der Waals surface area contributed by atoms with Gasteiger partial charge in [0.1, 0.15) is 0 Å². The minimum atomic E-state index is 0.207. The fourth-order valence-corrected chi connectivity index (χ4v) is 2.52. The molecule has 3 N–H and O–H groups in total. The van der Waals surface area contributed by atoms with Gasteiger partial charge in [0.15, 0.2) is 0 Å². The Labute approximate surface area is 103 Å². The third-order valence-electron chi connectivity index (χ3n) is 3.55. The molecule has 0 saturated heterocycles. The highest BCUT2D eigenvalue weighted by molar-refractivity contribution is 5.29. The molecule has 2 rings (SSSR count). The lowest BCUT2D eigenvalue weighted by Crippen LogP contribution is -2.37. The minimum absolute atomic E-state index is 0.207. The van der Waals surface area contributed by atoms with Crippen molar-refractivity contribution >= 4 is 0 Å². The summed E-state index contributed by atoms with van der Waals surface area (Å²) in [5.74, 6) is 0. The fourth-order valence-electron chi connectivity index (χ4n) is 2.52. The summed E-state index contributed by atoms with van der Waals surface area (Å²) in [7, 11) is 0. The number of hydrogen-bond acceptors (Lipinski definition) is 3. The van der Waals surface area contributed by atoms with Crippen LogP contribution in [0.15, 0.2) is 24.3 Å². The van der Waals surface area contributed by atoms with Crippen LogP contribution >= 0.6 is 0 Å². The van der Waals surface area contributed by atoms with Crippen LogP contribution in [0.25, 0.3) is 0 Å². The van der Waals surface area contributed by atoms with Crippen LogP contribution in [0.3, 0.4) is 0 Å². The summed E-state index contributed by atoms with van der Waals surface area (Å²) in [6.07, 6.45) is 2.48. The fraction of sp³-hybridized carbons (Fsp3) is 0.571. The highest BCUT2D eigenvalue weighted by Gasteiger charge is 2.33. The molecule has 1 atom stereocenters. The van der Waals surface area contributed by atoms with Crippen LogP contribution in [0.5, 0.6) is 0 Å². The highest BCUT2D eigenvalue weighted by atomic mass is 16.3. The first-order chi connectivity index (χ1) is 8.27. The van der Waals surface area contributed by atoms with Crippen molar-refractivity contribution in [2.75, 3.05) is 19.7 Å². The Morgan fingerprint density at radius 2 is 2.12 bits per heavy atom. The Morgan fingerprint density at radius 1 is 1.41 bits per heavy atom. The molecular formula is C14H22N2O. The Hall–Kier alpha value is -0.900. The number of aliphatic hydroxyl groups excluding tert-OH is 1. The van der Waals surface area contributed by atoms with Gasteiger partial charge in [-0.3, -0.25) is 4.90 Å². The van der Waals surface area contributed by atoms with E-state index in [4.69, 9.17) is 5.73 Å². The monoisotopic (exact) mass is 234 g/mol. The summed E-state index contributed by atoms with van der Waals surface area (Å²) in [4.78, 5) is 2.36. The molecular weight excluding hydrogens is 212 g/mol. The predicted molar refractivity (Wildman–Crippen MR) is 69.8 cm³/mol. The number of benzene rings is 1. The van der Waals surface area contributed by atoms with Crippen LogP contribution in [0.4, 0.5) is 0 Å². The van der Waals surface area contributed by atoms with E-state index in [-0.39, 0.29) is 12.6 Å². The molecule has 0 aromatic heterocycles. The molecule has 0 spiro atoms. The molecule has 94 valence electrons. The molecule has 17 heavy (non-hydrogen) atoms. The molecule has 3 heteroatoms. The van der Waals surface area contributed by atoms with E-state index in [1.807, 2.05) is 0 Å². The van der Waals surface area contributed by atoms with Crippen LogP contribution < -0.4 is 5.73 Å². The standard InChI is InChI=1S/C14H22N2O/c1-11-4-2-3-5-13(11)14(10-15)16(8-9-17)12-6-7-12/h2-5,12,14,17H,6-10,15H2,1H3. The van der Waals surface area contributed by atoms with E-state index in [2.05, 4.69) is 36.1 Å². The zero-order valence-corrected chi connectivity index (χ0v) is 10.5. The molecule has 1 saturated carbocycles. The molecule has 1 aliphatic carbocycles. The minimum Gasteiger partial charge on any atom is -0.395 e. The maximum absolute atomic E-state index is 9.19. The van der Waals surface area contributed by atoms with Gasteiger partial charge >= 0.3 is 0 Å². The van der Waals surface area contributed by atoms with Gasteiger partial charge in [0, 0.05) is 25.2 Å². The molecule has 1 fully saturated rings. The lowest BCUT2D eigenvalue weighted by Gasteiger charge is -2.31. The highest BCUT2D eigenvalue weighted by Crippen LogP contribution is 2.34. The number of rotatable bonds is 6. The average Bonchev–Trinajstić information content (AvgIpc) is 3.15. The Balaban J connectivity index is 2.21. The summed E-state index contributed by atoms with van der Waals surface area (Å²) in [6, 6.07) is 9.27. The van der Waals surface area contributed by atoms with E-state index >= 15 is 0 Å². The zero-order valence-electron chi connectivity index (χ0n) is 10.5. The second kappa shape index (κ2) is 5.63. The van der Waals surface area contributed by atoms with Crippen molar-refractivity contribution in [3.05, 3.63) is 35.4 Å². The van der Waals surface area contributed by atoms with Crippen molar-refractivity contribution in [2.45, 2.75) is 31.8 Å². The van der Waals surface area contributed by atoms with Crippen LogP contribution in [-0.4, -0.2) is 35.7 Å². The van der Waals surface area contributed by atoms with Gasteiger partial charge in [0.2, 0.25) is 0 Å². The number of hydrogen-bond donors (Lipinski definition) is 2. The van der Waals surface area contributed by atoms with Crippen LogP contribution in [0.1, 0.15) is 30.0 Å². The molecule has 1 aromatic rings. The van der Waals surface area contributed by atoms with Gasteiger partial charge in [-0.2, -0.15) is 0 Å². The molecule has 1 aromatic carbocycles. The van der Waals surface area contributed by atoms with E-state index in [1.54, 1.807) is 0 Å². The summed E-state index contributed by atoms with van der Waals surface area (Å²) >= 11 is 0. The molecule has 0 bridgehead atoms. The summed E-state index contributed by atoms with van der Waals surface area (Å²) < 4.78 is 0. The second-order valence-electron chi connectivity index (χ2n) is 4.80. The molecule has 1 aliphatic rings. The zero-order chi connectivity index (χ0) is 12.3. The molecule has 0 radical (unpaired) electrons. The van der Waals surface area contributed by atoms with Crippen molar-refractivity contribution in [3.8, 4) is 0 Å². The smallest absolute Gasteiger partial charge is 0.0558 e. The maximum atomic E-state index is 9.19. The van der Waals surface area contributed by atoms with Crippen LogP contribution in [-0.2, 0) is 0 Å². The largest absolute Gasteiger partial charge is 0.395 e. The van der Waals surface area contributed by atoms with Gasteiger partial charge in [-0.15, -0.1) is 0 Å². The van der Waals surface area contributed by atoms with Gasteiger partial charge < -0.3 is 10.8 Å². The Kier molecular flexibility index (Phi) is 4.15. The molecule has 0 amide bonds. The van der Waals surface area contributed by atoms with Crippen molar-refractivity contribution in [3.63, 3.8) is 0 Å². The Bertz CT molecular complexity index is 363. The number of aryl methyl sites for hydroxylation is 1. The first-order valence-corrected chi connectivity index (χ1v) is 6.40. The molecule has 0 aliphatic heterocycles. The number of aliphatic hydroxyl groups is 1. The van der Waals surface area contributed by atoms with E-state index < -0.39 is 0 Å². The first kappa shape index (κ1) is 12.6. The quantitative estimate of drug-likeness (QED) is 0.783. The van der Waals surface area contributed by atoms with Crippen molar-refractivity contribution < 1.29 is 5.11 Å². The van der Waals surface area contributed by atoms with Crippen molar-refractivity contribution in [1.29, 1.82) is 0 Å². The lowest BCUT2D eigenvalue weighted by atomic mass is 10.00. The van der Waals surface area contributed by atoms with Gasteiger partial charge in [0.25, 0.3) is 0 Å². The van der Waals surface area contributed by atoms with Gasteiger partial charge in [-0.1, -0.05) is 24.3 Å². The first-order valence-electron chi connectivity index (χ1n) is 6.40. The predicted octanol–water partition coefficient (Wildman–Crippen LogP) is 1.45. The molecule has 3 nitrogen and oxygen atoms in total. The van der Waals surface area contributed by atoms with E-state index in [0.29, 0.717) is 12.6 Å². The summed E-state index contributed by atoms with van der Waals surface area (Å²) in [6.45, 7) is 3.67. The molecule has 1 unspecified atom stereocenters. The lowest BCUT2D eigenvalue weighted by molar-refractivity contribution is 0.145. The van der Waals surface area contributed by atoms with Crippen LogP contribution in [0.2, 0.25) is 0 Å². The number of nitrogens with zero attached hydrogens (tertiary/aromatic N) is 1. The van der Waals surface area contributed by atoms with E-state index in [9.17, 15) is 5.11 Å². The summed E-state index contributed by atoms with van der Waals surface area (Å²) in [5, 5.41) is 9.19. The third kappa shape index (κ3) is 2.86. The van der Waals surface area contributed by atoms with Gasteiger partial charge in [0.05, 0.1) is 6.61 Å². The van der Waals surface area contributed by atoms with Gasteiger partial charge in [-0.05, 0) is 30.9 Å². The van der Waals surface area contributed by atoms with Crippen molar-refractivity contribution in [1.82, 2.24) is 4.90 Å². The van der Waals surface area contributed by atoms with E-state index in [0.717, 1.165) is 6.54 Å². The third-order valence-corrected chi connectivity index (χ3v) is 3.55.